The van der Waals surface area contributed by atoms with Gasteiger partial charge >= 0.3 is 5.97 Å². The minimum absolute atomic E-state index is 0.0581. The number of allylic oxidation sites excluding steroid dienone is 2. The van der Waals surface area contributed by atoms with E-state index < -0.39 is 28.0 Å². The Labute approximate surface area is 229 Å². The van der Waals surface area contributed by atoms with Gasteiger partial charge in [0.15, 0.2) is 0 Å². The largest absolute Gasteiger partial charge is 0.481 e. The van der Waals surface area contributed by atoms with E-state index in [2.05, 4.69) is 10.6 Å². The van der Waals surface area contributed by atoms with Gasteiger partial charge in [-0.1, -0.05) is 48.6 Å². The van der Waals surface area contributed by atoms with Crippen LogP contribution >= 0.6 is 11.8 Å². The number of non-ortho nitro benzene ring substituents is 1. The molecule has 1 aliphatic carbocycles. The second-order valence-corrected chi connectivity index (χ2v) is 10.3. The molecule has 3 aromatic rings. The maximum atomic E-state index is 13.5. The number of carboxylic acids is 1. The van der Waals surface area contributed by atoms with E-state index in [1.54, 1.807) is 31.2 Å². The monoisotopic (exact) mass is 545 g/mol. The summed E-state index contributed by atoms with van der Waals surface area (Å²) in [6, 6.07) is 20.5. The van der Waals surface area contributed by atoms with Crippen molar-refractivity contribution in [2.45, 2.75) is 29.9 Å². The number of nitro groups is 1. The zero-order valence-corrected chi connectivity index (χ0v) is 21.9. The Morgan fingerprint density at radius 1 is 0.949 bits per heavy atom. The van der Waals surface area contributed by atoms with E-state index in [0.29, 0.717) is 29.8 Å². The Kier molecular flexibility index (Phi) is 8.77. The van der Waals surface area contributed by atoms with Crippen LogP contribution in [0, 0.1) is 28.9 Å². The van der Waals surface area contributed by atoms with E-state index in [9.17, 15) is 29.6 Å². The Morgan fingerprint density at radius 2 is 1.67 bits per heavy atom. The lowest BCUT2D eigenvalue weighted by molar-refractivity contribution is -0.384. The molecule has 39 heavy (non-hydrogen) atoms. The van der Waals surface area contributed by atoms with Gasteiger partial charge in [0.2, 0.25) is 11.8 Å². The van der Waals surface area contributed by atoms with Gasteiger partial charge in [-0.25, -0.2) is 0 Å². The average Bonchev–Trinajstić information content (AvgIpc) is 2.93. The van der Waals surface area contributed by atoms with Crippen molar-refractivity contribution >= 4 is 46.6 Å². The van der Waals surface area contributed by atoms with Crippen LogP contribution in [0.3, 0.4) is 0 Å². The van der Waals surface area contributed by atoms with Crippen molar-refractivity contribution < 1.29 is 24.4 Å². The molecular weight excluding hydrogens is 518 g/mol. The first kappa shape index (κ1) is 27.6. The topological polar surface area (TPSA) is 139 Å². The second-order valence-electron chi connectivity index (χ2n) is 9.17. The molecule has 10 heteroatoms. The van der Waals surface area contributed by atoms with E-state index >= 15 is 0 Å². The number of carbonyl (C=O) groups excluding carboxylic acids is 2. The zero-order valence-electron chi connectivity index (χ0n) is 21.1. The van der Waals surface area contributed by atoms with Gasteiger partial charge in [-0.05, 0) is 55.2 Å². The number of nitrogens with one attached hydrogen (secondary N) is 2. The van der Waals surface area contributed by atoms with Crippen molar-refractivity contribution in [1.82, 2.24) is 0 Å². The number of nitrogens with zero attached hydrogens (tertiary/aromatic N) is 1. The van der Waals surface area contributed by atoms with Gasteiger partial charge in [-0.2, -0.15) is 0 Å². The quantitative estimate of drug-likeness (QED) is 0.130. The summed E-state index contributed by atoms with van der Waals surface area (Å²) in [4.78, 5) is 49.3. The van der Waals surface area contributed by atoms with Gasteiger partial charge in [0, 0.05) is 28.4 Å². The SMILES string of the molecule is Cc1cc([N+](=O)[O-])ccc1NC(=O)C(Sc1cccc(NC(=O)C2CC=CCC2C(=O)O)c1)c1ccccc1. The number of carboxylic acid groups (broad SMARTS) is 1. The van der Waals surface area contributed by atoms with Gasteiger partial charge in [0.25, 0.3) is 5.69 Å². The van der Waals surface area contributed by atoms with Crippen LogP contribution in [-0.4, -0.2) is 27.8 Å². The molecule has 0 spiro atoms. The van der Waals surface area contributed by atoms with Crippen LogP contribution in [0.4, 0.5) is 17.1 Å². The highest BCUT2D eigenvalue weighted by Gasteiger charge is 2.34. The molecule has 3 N–H and O–H groups in total. The van der Waals surface area contributed by atoms with E-state index in [0.717, 1.165) is 10.5 Å². The number of thioether (sulfide) groups is 1. The van der Waals surface area contributed by atoms with Gasteiger partial charge in [-0.3, -0.25) is 24.5 Å². The minimum atomic E-state index is -0.997. The number of hydrogen-bond donors (Lipinski definition) is 3. The van der Waals surface area contributed by atoms with Gasteiger partial charge < -0.3 is 15.7 Å². The Balaban J connectivity index is 1.53. The summed E-state index contributed by atoms with van der Waals surface area (Å²) in [6.45, 7) is 1.69. The molecule has 4 rings (SSSR count). The highest BCUT2D eigenvalue weighted by atomic mass is 32.2. The normalized spacial score (nSPS) is 17.2. The van der Waals surface area contributed by atoms with Crippen molar-refractivity contribution in [1.29, 1.82) is 0 Å². The summed E-state index contributed by atoms with van der Waals surface area (Å²) in [5.74, 6) is -3.11. The number of carbonyl (C=O) groups is 3. The third-order valence-electron chi connectivity index (χ3n) is 6.46. The lowest BCUT2D eigenvalue weighted by Gasteiger charge is -2.24. The zero-order chi connectivity index (χ0) is 27.9. The number of nitro benzene ring substituents is 1. The number of aliphatic carboxylic acids is 1. The van der Waals surface area contributed by atoms with Crippen LogP contribution < -0.4 is 10.6 Å². The predicted octanol–water partition coefficient (Wildman–Crippen LogP) is 5.98. The van der Waals surface area contributed by atoms with E-state index in [-0.39, 0.29) is 17.5 Å². The van der Waals surface area contributed by atoms with Crippen LogP contribution in [0.25, 0.3) is 0 Å². The number of rotatable bonds is 9. The molecule has 3 atom stereocenters. The minimum Gasteiger partial charge on any atom is -0.481 e. The van der Waals surface area contributed by atoms with Crippen LogP contribution in [0.2, 0.25) is 0 Å². The standard InChI is InChI=1S/C29H27N3O6S/c1-18-16-21(32(37)38)14-15-25(18)31-28(34)26(19-8-3-2-4-9-19)39-22-11-7-10-20(17-22)30-27(33)23-12-5-6-13-24(23)29(35)36/h2-11,14-17,23-24,26H,12-13H2,1H3,(H,30,33)(H,31,34)(H,35,36). The lowest BCUT2D eigenvalue weighted by atomic mass is 9.82. The average molecular weight is 546 g/mol. The van der Waals surface area contributed by atoms with E-state index in [1.807, 2.05) is 42.5 Å². The van der Waals surface area contributed by atoms with Gasteiger partial charge in [-0.15, -0.1) is 11.8 Å². The molecule has 0 aromatic heterocycles. The number of hydrogen-bond acceptors (Lipinski definition) is 6. The number of benzene rings is 3. The fourth-order valence-electron chi connectivity index (χ4n) is 4.40. The van der Waals surface area contributed by atoms with Gasteiger partial charge in [0.1, 0.15) is 5.25 Å². The highest BCUT2D eigenvalue weighted by molar-refractivity contribution is 8.00. The van der Waals surface area contributed by atoms with Crippen molar-refractivity contribution in [3.8, 4) is 0 Å². The molecule has 0 fully saturated rings. The lowest BCUT2D eigenvalue weighted by Crippen LogP contribution is -2.34. The fourth-order valence-corrected chi connectivity index (χ4v) is 5.48. The summed E-state index contributed by atoms with van der Waals surface area (Å²) in [6.07, 6.45) is 4.28. The Morgan fingerprint density at radius 3 is 2.33 bits per heavy atom. The molecule has 2 amide bonds. The maximum absolute atomic E-state index is 13.5. The number of amides is 2. The van der Waals surface area contributed by atoms with Crippen molar-refractivity contribution in [2.24, 2.45) is 11.8 Å². The van der Waals surface area contributed by atoms with Crippen LogP contribution in [0.15, 0.2) is 89.8 Å². The van der Waals surface area contributed by atoms with Gasteiger partial charge in [0.05, 0.1) is 16.8 Å². The van der Waals surface area contributed by atoms with Crippen molar-refractivity contribution in [3.05, 3.63) is 106 Å². The van der Waals surface area contributed by atoms with Crippen LogP contribution in [-0.2, 0) is 14.4 Å². The summed E-state index contributed by atoms with van der Waals surface area (Å²) in [7, 11) is 0. The maximum Gasteiger partial charge on any atom is 0.307 e. The summed E-state index contributed by atoms with van der Waals surface area (Å²) in [5, 5.41) is 25.6. The van der Waals surface area contributed by atoms with Crippen LogP contribution in [0.5, 0.6) is 0 Å². The van der Waals surface area contributed by atoms with E-state index in [1.165, 1.54) is 30.0 Å². The summed E-state index contributed by atoms with van der Waals surface area (Å²) < 4.78 is 0. The number of anilines is 2. The number of aryl methyl sites for hydroxylation is 1. The Bertz CT molecular complexity index is 1430. The van der Waals surface area contributed by atoms with Crippen LogP contribution in [0.1, 0.15) is 29.2 Å². The molecule has 1 aliphatic rings. The molecule has 9 nitrogen and oxygen atoms in total. The molecule has 0 heterocycles. The molecule has 0 bridgehead atoms. The molecule has 0 aliphatic heterocycles. The van der Waals surface area contributed by atoms with Crippen molar-refractivity contribution in [2.75, 3.05) is 10.6 Å². The Hall–Kier alpha value is -4.44. The first-order valence-electron chi connectivity index (χ1n) is 12.3. The molecule has 3 unspecified atom stereocenters. The summed E-state index contributed by atoms with van der Waals surface area (Å²) >= 11 is 1.29. The first-order valence-corrected chi connectivity index (χ1v) is 13.2. The van der Waals surface area contributed by atoms with E-state index in [4.69, 9.17) is 0 Å². The third-order valence-corrected chi connectivity index (χ3v) is 7.71. The molecule has 0 saturated heterocycles. The highest BCUT2D eigenvalue weighted by Crippen LogP contribution is 2.38. The second kappa shape index (κ2) is 12.4. The van der Waals surface area contributed by atoms with Crippen molar-refractivity contribution in [3.63, 3.8) is 0 Å². The summed E-state index contributed by atoms with van der Waals surface area (Å²) in [5.41, 5.74) is 2.24. The molecule has 0 radical (unpaired) electrons. The molecule has 0 saturated carbocycles. The first-order chi connectivity index (χ1) is 18.7. The third kappa shape index (κ3) is 6.91. The predicted molar refractivity (Wildman–Crippen MR) is 150 cm³/mol. The fraction of sp³-hybridized carbons (Fsp3) is 0.207. The smallest absolute Gasteiger partial charge is 0.307 e. The molecular formula is C29H27N3O6S. The molecule has 3 aromatic carbocycles. The molecule has 200 valence electrons.